The van der Waals surface area contributed by atoms with Gasteiger partial charge in [-0.25, -0.2) is 14.4 Å². The van der Waals surface area contributed by atoms with Gasteiger partial charge in [-0.3, -0.25) is 14.5 Å². The first-order valence-electron chi connectivity index (χ1n) is 10.2. The summed E-state index contributed by atoms with van der Waals surface area (Å²) >= 11 is 0. The molecule has 3 heterocycles. The lowest BCUT2D eigenvalue weighted by atomic mass is 9.98. The summed E-state index contributed by atoms with van der Waals surface area (Å²) in [4.78, 5) is 36.7. The SMILES string of the molecule is CCOc1ccc(C2c3c(oc4ccc(F)cc4c3=O)C(=O)N2c2ncccn2)cc1OC. The lowest BCUT2D eigenvalue weighted by molar-refractivity contribution is 0.0969. The number of anilines is 1. The largest absolute Gasteiger partial charge is 0.493 e. The number of fused-ring (bicyclic) bond motifs is 2. The Kier molecular flexibility index (Phi) is 5.01. The standard InChI is InChI=1S/C24H18FN3O5/c1-3-32-17-7-5-13(11-18(17)31-2)20-19-21(29)15-12-14(25)6-8-16(15)33-22(19)23(30)28(20)24-26-9-4-10-27-24/h4-12,20H,3H2,1-2H3. The first-order valence-corrected chi connectivity index (χ1v) is 10.2. The maximum atomic E-state index is 13.9. The Morgan fingerprint density at radius 3 is 2.61 bits per heavy atom. The molecule has 5 rings (SSSR count). The highest BCUT2D eigenvalue weighted by atomic mass is 19.1. The first-order chi connectivity index (χ1) is 16.0. The van der Waals surface area contributed by atoms with E-state index in [1.807, 2.05) is 6.92 Å². The molecule has 1 unspecified atom stereocenters. The van der Waals surface area contributed by atoms with E-state index in [0.717, 1.165) is 6.07 Å². The summed E-state index contributed by atoms with van der Waals surface area (Å²) in [6.45, 7) is 2.29. The van der Waals surface area contributed by atoms with Crippen LogP contribution in [0.15, 0.2) is 64.1 Å². The minimum Gasteiger partial charge on any atom is -0.493 e. The minimum atomic E-state index is -0.914. The minimum absolute atomic E-state index is 0.0419. The molecule has 0 spiro atoms. The Morgan fingerprint density at radius 2 is 1.88 bits per heavy atom. The van der Waals surface area contributed by atoms with Crippen LogP contribution >= 0.6 is 0 Å². The highest BCUT2D eigenvalue weighted by molar-refractivity contribution is 6.09. The van der Waals surface area contributed by atoms with Gasteiger partial charge >= 0.3 is 0 Å². The molecular formula is C24H18FN3O5. The molecule has 0 fully saturated rings. The molecule has 2 aromatic heterocycles. The van der Waals surface area contributed by atoms with Crippen LogP contribution in [0.2, 0.25) is 0 Å². The molecule has 1 aliphatic rings. The van der Waals surface area contributed by atoms with Crippen molar-refractivity contribution in [2.75, 3.05) is 18.6 Å². The van der Waals surface area contributed by atoms with Gasteiger partial charge in [0.05, 0.1) is 30.7 Å². The molecule has 0 aliphatic carbocycles. The molecule has 2 aromatic carbocycles. The zero-order valence-corrected chi connectivity index (χ0v) is 17.7. The number of carbonyl (C=O) groups is 1. The van der Waals surface area contributed by atoms with Crippen LogP contribution in [0.3, 0.4) is 0 Å². The second-order valence-corrected chi connectivity index (χ2v) is 7.28. The van der Waals surface area contributed by atoms with Crippen LogP contribution in [0.4, 0.5) is 10.3 Å². The smallest absolute Gasteiger partial charge is 0.297 e. The van der Waals surface area contributed by atoms with Gasteiger partial charge in [-0.05, 0) is 48.9 Å². The van der Waals surface area contributed by atoms with Crippen molar-refractivity contribution in [1.82, 2.24) is 9.97 Å². The van der Waals surface area contributed by atoms with Gasteiger partial charge in [0.25, 0.3) is 5.91 Å². The lowest BCUT2D eigenvalue weighted by Crippen LogP contribution is -2.31. The number of hydrogen-bond donors (Lipinski definition) is 0. The van der Waals surface area contributed by atoms with Crippen molar-refractivity contribution in [2.24, 2.45) is 0 Å². The number of nitrogens with zero attached hydrogens (tertiary/aromatic N) is 3. The predicted molar refractivity (Wildman–Crippen MR) is 117 cm³/mol. The van der Waals surface area contributed by atoms with E-state index in [-0.39, 0.29) is 28.2 Å². The average molecular weight is 447 g/mol. The van der Waals surface area contributed by atoms with Crippen molar-refractivity contribution >= 4 is 22.8 Å². The summed E-state index contributed by atoms with van der Waals surface area (Å²) < 4.78 is 30.8. The molecular weight excluding hydrogens is 429 g/mol. The molecule has 33 heavy (non-hydrogen) atoms. The highest BCUT2D eigenvalue weighted by Crippen LogP contribution is 2.42. The maximum absolute atomic E-state index is 13.9. The van der Waals surface area contributed by atoms with E-state index in [1.54, 1.807) is 24.3 Å². The average Bonchev–Trinajstić information content (AvgIpc) is 3.13. The number of rotatable bonds is 5. The van der Waals surface area contributed by atoms with Crippen molar-refractivity contribution in [1.29, 1.82) is 0 Å². The molecule has 1 aliphatic heterocycles. The van der Waals surface area contributed by atoms with Crippen molar-refractivity contribution < 1.29 is 23.1 Å². The molecule has 0 saturated heterocycles. The fourth-order valence-electron chi connectivity index (χ4n) is 4.01. The van der Waals surface area contributed by atoms with Crippen molar-refractivity contribution in [2.45, 2.75) is 13.0 Å². The van der Waals surface area contributed by atoms with Gasteiger partial charge < -0.3 is 13.9 Å². The van der Waals surface area contributed by atoms with Gasteiger partial charge in [-0.2, -0.15) is 0 Å². The van der Waals surface area contributed by atoms with Crippen molar-refractivity contribution in [3.05, 3.63) is 87.8 Å². The van der Waals surface area contributed by atoms with Crippen LogP contribution in [0.1, 0.15) is 34.6 Å². The number of halogens is 1. The van der Waals surface area contributed by atoms with Crippen LogP contribution in [0.5, 0.6) is 11.5 Å². The Labute approximate surface area is 187 Å². The maximum Gasteiger partial charge on any atom is 0.297 e. The Hall–Kier alpha value is -4.27. The lowest BCUT2D eigenvalue weighted by Gasteiger charge is -2.23. The van der Waals surface area contributed by atoms with Crippen LogP contribution in [0.25, 0.3) is 11.0 Å². The van der Waals surface area contributed by atoms with Gasteiger partial charge in [0.15, 0.2) is 16.9 Å². The molecule has 9 heteroatoms. The molecule has 0 bridgehead atoms. The molecule has 4 aromatic rings. The first kappa shape index (κ1) is 20.6. The molecule has 8 nitrogen and oxygen atoms in total. The topological polar surface area (TPSA) is 94.8 Å². The highest BCUT2D eigenvalue weighted by Gasteiger charge is 2.45. The Bertz CT molecular complexity index is 1440. The third-order valence-electron chi connectivity index (χ3n) is 5.40. The van der Waals surface area contributed by atoms with E-state index in [9.17, 15) is 14.0 Å². The molecule has 1 amide bonds. The fourth-order valence-corrected chi connectivity index (χ4v) is 4.01. The number of amides is 1. The van der Waals surface area contributed by atoms with Gasteiger partial charge in [0.1, 0.15) is 11.4 Å². The summed E-state index contributed by atoms with van der Waals surface area (Å²) in [5.74, 6) is -0.242. The van der Waals surface area contributed by atoms with Gasteiger partial charge in [-0.1, -0.05) is 6.07 Å². The zero-order valence-electron chi connectivity index (χ0n) is 17.7. The normalized spacial score (nSPS) is 15.1. The molecule has 0 radical (unpaired) electrons. The summed E-state index contributed by atoms with van der Waals surface area (Å²) in [5.41, 5.74) is 0.248. The molecule has 0 N–H and O–H groups in total. The van der Waals surface area contributed by atoms with Crippen LogP contribution in [-0.2, 0) is 0 Å². The second-order valence-electron chi connectivity index (χ2n) is 7.28. The zero-order chi connectivity index (χ0) is 23.1. The number of carbonyl (C=O) groups excluding carboxylic acids is 1. The number of methoxy groups -OCH3 is 1. The van der Waals surface area contributed by atoms with E-state index >= 15 is 0 Å². The summed E-state index contributed by atoms with van der Waals surface area (Å²) in [5, 5.41) is 0.0419. The van der Waals surface area contributed by atoms with E-state index < -0.39 is 23.2 Å². The van der Waals surface area contributed by atoms with Crippen LogP contribution < -0.4 is 19.8 Å². The Morgan fingerprint density at radius 1 is 1.09 bits per heavy atom. The monoisotopic (exact) mass is 447 g/mol. The molecule has 166 valence electrons. The van der Waals surface area contributed by atoms with E-state index in [2.05, 4.69) is 9.97 Å². The van der Waals surface area contributed by atoms with Crippen molar-refractivity contribution in [3.63, 3.8) is 0 Å². The van der Waals surface area contributed by atoms with Crippen LogP contribution in [0, 0.1) is 5.82 Å². The summed E-state index contributed by atoms with van der Waals surface area (Å²) in [7, 11) is 1.50. The predicted octanol–water partition coefficient (Wildman–Crippen LogP) is 3.88. The number of hydrogen-bond acceptors (Lipinski definition) is 7. The number of ether oxygens (including phenoxy) is 2. The third-order valence-corrected chi connectivity index (χ3v) is 5.40. The van der Waals surface area contributed by atoms with Crippen LogP contribution in [-0.4, -0.2) is 29.6 Å². The fraction of sp³-hybridized carbons (Fsp3) is 0.167. The summed E-state index contributed by atoms with van der Waals surface area (Å²) in [6.07, 6.45) is 2.99. The third kappa shape index (κ3) is 3.29. The van der Waals surface area contributed by atoms with E-state index in [1.165, 1.54) is 36.5 Å². The molecule has 1 atom stereocenters. The number of benzene rings is 2. The number of aromatic nitrogens is 2. The van der Waals surface area contributed by atoms with E-state index in [4.69, 9.17) is 13.9 Å². The van der Waals surface area contributed by atoms with Gasteiger partial charge in [0, 0.05) is 12.4 Å². The van der Waals surface area contributed by atoms with Gasteiger partial charge in [0.2, 0.25) is 11.7 Å². The summed E-state index contributed by atoms with van der Waals surface area (Å²) in [6, 6.07) is 9.42. The molecule has 0 saturated carbocycles. The second kappa shape index (κ2) is 8.01. The van der Waals surface area contributed by atoms with Gasteiger partial charge in [-0.15, -0.1) is 0 Å². The van der Waals surface area contributed by atoms with E-state index in [0.29, 0.717) is 23.7 Å². The Balaban J connectivity index is 1.79. The quantitative estimate of drug-likeness (QED) is 0.458. The van der Waals surface area contributed by atoms with Crippen molar-refractivity contribution in [3.8, 4) is 11.5 Å².